The molecule has 1 aliphatic carbocycles. The number of carbonyl (C=O) groups excluding carboxylic acids is 2. The van der Waals surface area contributed by atoms with Crippen LogP contribution in [-0.2, 0) is 16.8 Å². The number of benzene rings is 3. The van der Waals surface area contributed by atoms with Crippen molar-refractivity contribution < 1.29 is 14.3 Å². The van der Waals surface area contributed by atoms with Gasteiger partial charge in [0.2, 0.25) is 0 Å². The van der Waals surface area contributed by atoms with E-state index >= 15 is 0 Å². The maximum absolute atomic E-state index is 13.4. The van der Waals surface area contributed by atoms with Crippen LogP contribution in [0, 0.1) is 0 Å². The summed E-state index contributed by atoms with van der Waals surface area (Å²) in [7, 11) is 0. The summed E-state index contributed by atoms with van der Waals surface area (Å²) in [6.45, 7) is 1.32. The number of amides is 3. The Kier molecular flexibility index (Phi) is 5.01. The molecule has 3 amide bonds. The summed E-state index contributed by atoms with van der Waals surface area (Å²) in [4.78, 5) is 30.1. The third-order valence-electron chi connectivity index (χ3n) is 7.46. The van der Waals surface area contributed by atoms with Gasteiger partial charge >= 0.3 is 12.1 Å². The highest BCUT2D eigenvalue weighted by Gasteiger charge is 2.58. The maximum atomic E-state index is 13.4. The van der Waals surface area contributed by atoms with Crippen molar-refractivity contribution in [3.63, 3.8) is 0 Å². The molecule has 3 aliphatic rings. The van der Waals surface area contributed by atoms with Crippen molar-refractivity contribution >= 4 is 12.1 Å². The fourth-order valence-electron chi connectivity index (χ4n) is 5.79. The van der Waals surface area contributed by atoms with E-state index in [0.29, 0.717) is 19.6 Å². The van der Waals surface area contributed by atoms with E-state index in [1.54, 1.807) is 4.90 Å². The van der Waals surface area contributed by atoms with Crippen LogP contribution in [0.1, 0.15) is 34.7 Å². The number of nitrogens with zero attached hydrogens (tertiary/aromatic N) is 2. The highest BCUT2D eigenvalue weighted by molar-refractivity contribution is 5.78. The smallest absolute Gasteiger partial charge is 0.411 e. The molecule has 3 aromatic rings. The lowest BCUT2D eigenvalue weighted by Crippen LogP contribution is -2.60. The minimum atomic E-state index is -0.974. The van der Waals surface area contributed by atoms with Gasteiger partial charge in [-0.3, -0.25) is 4.90 Å². The average molecular weight is 454 g/mol. The second-order valence-electron chi connectivity index (χ2n) is 9.23. The molecule has 3 aromatic carbocycles. The van der Waals surface area contributed by atoms with E-state index in [-0.39, 0.29) is 24.2 Å². The summed E-state index contributed by atoms with van der Waals surface area (Å²) >= 11 is 0. The van der Waals surface area contributed by atoms with Crippen LogP contribution in [-0.4, -0.2) is 47.6 Å². The fourth-order valence-corrected chi connectivity index (χ4v) is 5.79. The topological polar surface area (TPSA) is 61.9 Å². The zero-order chi connectivity index (χ0) is 23.1. The van der Waals surface area contributed by atoms with Gasteiger partial charge in [0, 0.05) is 30.8 Å². The Morgan fingerprint density at radius 3 is 2.24 bits per heavy atom. The number of ether oxygens (including phenoxy) is 1. The van der Waals surface area contributed by atoms with Crippen LogP contribution < -0.4 is 5.32 Å². The summed E-state index contributed by atoms with van der Waals surface area (Å²) in [5.74, 6) is 0. The summed E-state index contributed by atoms with van der Waals surface area (Å²) in [6.07, 6.45) is 1.56. The highest BCUT2D eigenvalue weighted by Crippen LogP contribution is 2.45. The van der Waals surface area contributed by atoms with E-state index in [0.717, 1.165) is 24.0 Å². The average Bonchev–Trinajstić information content (AvgIpc) is 3.44. The molecule has 2 unspecified atom stereocenters. The molecule has 2 saturated heterocycles. The first-order valence-corrected chi connectivity index (χ1v) is 11.9. The van der Waals surface area contributed by atoms with Gasteiger partial charge in [-0.1, -0.05) is 84.9 Å². The molecule has 2 aliphatic heterocycles. The Balaban J connectivity index is 1.31. The summed E-state index contributed by atoms with van der Waals surface area (Å²) < 4.78 is 6.20. The summed E-state index contributed by atoms with van der Waals surface area (Å²) in [6, 6.07) is 27.7. The highest BCUT2D eigenvalue weighted by atomic mass is 16.6. The van der Waals surface area contributed by atoms with Gasteiger partial charge in [0.05, 0.1) is 6.04 Å². The predicted molar refractivity (Wildman–Crippen MR) is 128 cm³/mol. The van der Waals surface area contributed by atoms with Crippen molar-refractivity contribution in [1.82, 2.24) is 15.1 Å². The van der Waals surface area contributed by atoms with Crippen LogP contribution in [0.25, 0.3) is 0 Å². The minimum Gasteiger partial charge on any atom is -0.431 e. The second kappa shape index (κ2) is 8.20. The molecule has 2 heterocycles. The number of hydrogen-bond donors (Lipinski definition) is 1. The van der Waals surface area contributed by atoms with E-state index in [9.17, 15) is 9.59 Å². The van der Waals surface area contributed by atoms with E-state index in [2.05, 4.69) is 17.4 Å². The van der Waals surface area contributed by atoms with Crippen LogP contribution >= 0.6 is 0 Å². The molecule has 0 bridgehead atoms. The molecular weight excluding hydrogens is 426 g/mol. The van der Waals surface area contributed by atoms with Gasteiger partial charge in [0.25, 0.3) is 0 Å². The number of fused-ring (bicyclic) bond motifs is 2. The molecule has 6 nitrogen and oxygen atoms in total. The molecule has 34 heavy (non-hydrogen) atoms. The molecule has 172 valence electrons. The summed E-state index contributed by atoms with van der Waals surface area (Å²) in [5.41, 5.74) is 3.36. The molecule has 2 fully saturated rings. The first-order chi connectivity index (χ1) is 16.7. The Morgan fingerprint density at radius 1 is 0.882 bits per heavy atom. The third kappa shape index (κ3) is 3.24. The van der Waals surface area contributed by atoms with Gasteiger partial charge in [-0.05, 0) is 24.0 Å². The Hall–Kier alpha value is -3.80. The Labute approximate surface area is 199 Å². The lowest BCUT2D eigenvalue weighted by Gasteiger charge is -2.42. The predicted octanol–water partition coefficient (Wildman–Crippen LogP) is 4.46. The van der Waals surface area contributed by atoms with Crippen LogP contribution in [0.5, 0.6) is 0 Å². The zero-order valence-corrected chi connectivity index (χ0v) is 18.9. The van der Waals surface area contributed by atoms with Crippen molar-refractivity contribution in [2.24, 2.45) is 0 Å². The lowest BCUT2D eigenvalue weighted by atomic mass is 9.79. The molecule has 0 radical (unpaired) electrons. The number of piperazine rings is 1. The minimum absolute atomic E-state index is 0.0243. The van der Waals surface area contributed by atoms with Crippen LogP contribution in [0.15, 0.2) is 84.9 Å². The van der Waals surface area contributed by atoms with E-state index < -0.39 is 5.60 Å². The van der Waals surface area contributed by atoms with Crippen molar-refractivity contribution in [2.75, 3.05) is 19.6 Å². The van der Waals surface area contributed by atoms with E-state index in [1.165, 1.54) is 11.1 Å². The monoisotopic (exact) mass is 453 g/mol. The van der Waals surface area contributed by atoms with Gasteiger partial charge in [-0.2, -0.15) is 0 Å². The SMILES string of the molecule is O=C(NC1CCc2ccccc21)N1CCN2C(=O)OC(c3ccccc3)(c3ccccc3)C2C1. The van der Waals surface area contributed by atoms with Gasteiger partial charge in [-0.25, -0.2) is 9.59 Å². The zero-order valence-electron chi connectivity index (χ0n) is 18.9. The Bertz CT molecular complexity index is 1170. The fraction of sp³-hybridized carbons (Fsp3) is 0.286. The second-order valence-corrected chi connectivity index (χ2v) is 9.23. The summed E-state index contributed by atoms with van der Waals surface area (Å²) in [5, 5.41) is 3.25. The van der Waals surface area contributed by atoms with Crippen LogP contribution in [0.2, 0.25) is 0 Å². The van der Waals surface area contributed by atoms with E-state index in [1.807, 2.05) is 77.7 Å². The number of urea groups is 1. The van der Waals surface area contributed by atoms with Crippen molar-refractivity contribution in [3.8, 4) is 0 Å². The van der Waals surface area contributed by atoms with Crippen molar-refractivity contribution in [1.29, 1.82) is 0 Å². The largest absolute Gasteiger partial charge is 0.431 e. The third-order valence-corrected chi connectivity index (χ3v) is 7.46. The van der Waals surface area contributed by atoms with Gasteiger partial charge in [0.15, 0.2) is 5.60 Å². The quantitative estimate of drug-likeness (QED) is 0.637. The van der Waals surface area contributed by atoms with Gasteiger partial charge in [-0.15, -0.1) is 0 Å². The lowest BCUT2D eigenvalue weighted by molar-refractivity contribution is 0.0509. The van der Waals surface area contributed by atoms with Crippen LogP contribution in [0.3, 0.4) is 0 Å². The number of carbonyl (C=O) groups is 2. The molecule has 2 atom stereocenters. The molecule has 1 N–H and O–H groups in total. The number of rotatable bonds is 3. The first kappa shape index (κ1) is 20.8. The number of nitrogens with one attached hydrogen (secondary N) is 1. The van der Waals surface area contributed by atoms with Gasteiger partial charge in [0.1, 0.15) is 6.04 Å². The molecule has 0 saturated carbocycles. The normalized spacial score (nSPS) is 22.6. The molecule has 6 rings (SSSR count). The number of aryl methyl sites for hydroxylation is 1. The number of hydrogen-bond acceptors (Lipinski definition) is 3. The van der Waals surface area contributed by atoms with Crippen LogP contribution in [0.4, 0.5) is 9.59 Å². The standard InChI is InChI=1S/C28H27N3O3/c32-26(29-24-16-15-20-9-7-8-14-23(20)24)30-17-18-31-25(19-30)28(34-27(31)33,21-10-3-1-4-11-21)22-12-5-2-6-13-22/h1-14,24-25H,15-19H2,(H,29,32). The molecule has 0 spiro atoms. The number of cyclic esters (lactones) is 1. The molecule has 6 heteroatoms. The van der Waals surface area contributed by atoms with Crippen molar-refractivity contribution in [3.05, 3.63) is 107 Å². The first-order valence-electron chi connectivity index (χ1n) is 11.9. The molecule has 0 aromatic heterocycles. The van der Waals surface area contributed by atoms with Gasteiger partial charge < -0.3 is 15.0 Å². The maximum Gasteiger partial charge on any atom is 0.411 e. The molecular formula is C28H27N3O3. The Morgan fingerprint density at radius 2 is 1.53 bits per heavy atom. The van der Waals surface area contributed by atoms with Crippen molar-refractivity contribution in [2.45, 2.75) is 30.5 Å². The van der Waals surface area contributed by atoms with E-state index in [4.69, 9.17) is 4.74 Å².